The van der Waals surface area contributed by atoms with Crippen molar-refractivity contribution in [1.29, 1.82) is 0 Å². The fourth-order valence-corrected chi connectivity index (χ4v) is 3.26. The van der Waals surface area contributed by atoms with Crippen LogP contribution >= 0.6 is 0 Å². The summed E-state index contributed by atoms with van der Waals surface area (Å²) in [5.74, 6) is 0.895. The largest absolute Gasteiger partial charge is 0.495 e. The maximum atomic E-state index is 12.1. The molecule has 2 amide bonds. The van der Waals surface area contributed by atoms with Gasteiger partial charge in [0.05, 0.1) is 12.8 Å². The van der Waals surface area contributed by atoms with E-state index in [0.717, 1.165) is 49.4 Å². The Morgan fingerprint density at radius 1 is 1.23 bits per heavy atom. The van der Waals surface area contributed by atoms with Crippen LogP contribution in [-0.4, -0.2) is 43.8 Å². The number of nitrogens with one attached hydrogen (secondary N) is 2. The number of para-hydroxylation sites is 2. The number of rotatable bonds is 6. The van der Waals surface area contributed by atoms with Gasteiger partial charge in [0.15, 0.2) is 0 Å². The van der Waals surface area contributed by atoms with E-state index in [1.54, 1.807) is 13.3 Å². The highest BCUT2D eigenvalue weighted by Crippen LogP contribution is 2.29. The Bertz CT molecular complexity index is 700. The number of carbonyl (C=O) groups is 1. The zero-order chi connectivity index (χ0) is 18.2. The standard InChI is InChI=1S/C20H26N4O2/c1-26-19-7-3-2-6-18(19)24-13-9-17(10-14-24)23-20(25)22-12-8-16-5-4-11-21-15-16/h2-7,11,15,17H,8-10,12-14H2,1H3,(H2,22,23,25). The summed E-state index contributed by atoms with van der Waals surface area (Å²) in [5, 5.41) is 6.01. The van der Waals surface area contributed by atoms with Gasteiger partial charge in [-0.05, 0) is 43.0 Å². The number of aromatic nitrogens is 1. The van der Waals surface area contributed by atoms with Crippen LogP contribution in [-0.2, 0) is 6.42 Å². The lowest BCUT2D eigenvalue weighted by molar-refractivity contribution is 0.234. The average molecular weight is 354 g/mol. The molecule has 0 spiro atoms. The Hall–Kier alpha value is -2.76. The molecule has 26 heavy (non-hydrogen) atoms. The molecule has 0 radical (unpaired) electrons. The summed E-state index contributed by atoms with van der Waals surface area (Å²) in [6.45, 7) is 2.42. The third-order valence-corrected chi connectivity index (χ3v) is 4.68. The molecule has 0 aliphatic carbocycles. The lowest BCUT2D eigenvalue weighted by Gasteiger charge is -2.34. The monoisotopic (exact) mass is 354 g/mol. The molecule has 0 unspecified atom stereocenters. The van der Waals surface area contributed by atoms with Gasteiger partial charge in [0.25, 0.3) is 0 Å². The molecule has 1 aliphatic rings. The minimum Gasteiger partial charge on any atom is -0.495 e. The Kier molecular flexibility index (Phi) is 6.30. The molecule has 1 fully saturated rings. The van der Waals surface area contributed by atoms with Crippen molar-refractivity contribution in [1.82, 2.24) is 15.6 Å². The van der Waals surface area contributed by atoms with Crippen LogP contribution in [0.5, 0.6) is 5.75 Å². The second kappa shape index (κ2) is 9.08. The number of carbonyl (C=O) groups excluding carboxylic acids is 1. The molecular formula is C20H26N4O2. The molecule has 2 N–H and O–H groups in total. The number of anilines is 1. The van der Waals surface area contributed by atoms with Crippen molar-refractivity contribution >= 4 is 11.7 Å². The molecule has 1 aromatic carbocycles. The Labute approximate surface area is 154 Å². The first kappa shape index (κ1) is 18.0. The fraction of sp³-hybridized carbons (Fsp3) is 0.400. The minimum atomic E-state index is -0.0929. The van der Waals surface area contributed by atoms with Crippen molar-refractivity contribution in [2.24, 2.45) is 0 Å². The molecule has 2 aromatic rings. The molecule has 0 atom stereocenters. The minimum absolute atomic E-state index is 0.0929. The van der Waals surface area contributed by atoms with Crippen LogP contribution < -0.4 is 20.3 Å². The molecule has 1 aromatic heterocycles. The van der Waals surface area contributed by atoms with Crippen molar-refractivity contribution in [3.63, 3.8) is 0 Å². The highest BCUT2D eigenvalue weighted by molar-refractivity contribution is 5.74. The summed E-state index contributed by atoms with van der Waals surface area (Å²) in [6, 6.07) is 12.1. The van der Waals surface area contributed by atoms with E-state index in [4.69, 9.17) is 4.74 Å². The highest BCUT2D eigenvalue weighted by Gasteiger charge is 2.22. The van der Waals surface area contributed by atoms with Gasteiger partial charge < -0.3 is 20.3 Å². The summed E-state index contributed by atoms with van der Waals surface area (Å²) in [5.41, 5.74) is 2.24. The van der Waals surface area contributed by atoms with Crippen LogP contribution in [0.15, 0.2) is 48.8 Å². The van der Waals surface area contributed by atoms with E-state index in [0.29, 0.717) is 6.54 Å². The lowest BCUT2D eigenvalue weighted by atomic mass is 10.0. The maximum absolute atomic E-state index is 12.1. The maximum Gasteiger partial charge on any atom is 0.315 e. The van der Waals surface area contributed by atoms with E-state index >= 15 is 0 Å². The fourth-order valence-electron chi connectivity index (χ4n) is 3.26. The summed E-state index contributed by atoms with van der Waals surface area (Å²) >= 11 is 0. The third-order valence-electron chi connectivity index (χ3n) is 4.68. The van der Waals surface area contributed by atoms with E-state index in [1.807, 2.05) is 36.5 Å². The van der Waals surface area contributed by atoms with E-state index in [2.05, 4.69) is 26.6 Å². The Balaban J connectivity index is 1.40. The molecule has 1 aliphatic heterocycles. The normalized spacial score (nSPS) is 14.7. The van der Waals surface area contributed by atoms with Gasteiger partial charge in [-0.3, -0.25) is 4.98 Å². The number of hydrogen-bond acceptors (Lipinski definition) is 4. The smallest absolute Gasteiger partial charge is 0.315 e. The van der Waals surface area contributed by atoms with Gasteiger partial charge in [0, 0.05) is 38.1 Å². The van der Waals surface area contributed by atoms with E-state index in [-0.39, 0.29) is 12.1 Å². The zero-order valence-corrected chi connectivity index (χ0v) is 15.1. The lowest BCUT2D eigenvalue weighted by Crippen LogP contribution is -2.48. The van der Waals surface area contributed by atoms with Crippen LogP contribution in [0.2, 0.25) is 0 Å². The highest BCUT2D eigenvalue weighted by atomic mass is 16.5. The van der Waals surface area contributed by atoms with Crippen molar-refractivity contribution in [2.75, 3.05) is 31.6 Å². The van der Waals surface area contributed by atoms with Gasteiger partial charge in [-0.2, -0.15) is 0 Å². The van der Waals surface area contributed by atoms with Crippen LogP contribution in [0.3, 0.4) is 0 Å². The molecule has 2 heterocycles. The molecule has 138 valence electrons. The first-order valence-electron chi connectivity index (χ1n) is 9.07. The van der Waals surface area contributed by atoms with Crippen LogP contribution in [0.4, 0.5) is 10.5 Å². The summed E-state index contributed by atoms with van der Waals surface area (Å²) < 4.78 is 5.44. The van der Waals surface area contributed by atoms with Crippen LogP contribution in [0, 0.1) is 0 Å². The Morgan fingerprint density at radius 3 is 2.77 bits per heavy atom. The van der Waals surface area contributed by atoms with Gasteiger partial charge in [-0.15, -0.1) is 0 Å². The number of amides is 2. The predicted molar refractivity (Wildman–Crippen MR) is 103 cm³/mol. The molecule has 6 nitrogen and oxygen atoms in total. The number of methoxy groups -OCH3 is 1. The molecule has 0 saturated carbocycles. The van der Waals surface area contributed by atoms with Gasteiger partial charge in [0.1, 0.15) is 5.75 Å². The van der Waals surface area contributed by atoms with Crippen molar-refractivity contribution < 1.29 is 9.53 Å². The number of hydrogen-bond donors (Lipinski definition) is 2. The summed E-state index contributed by atoms with van der Waals surface area (Å²) in [6.07, 6.45) is 6.21. The summed E-state index contributed by atoms with van der Waals surface area (Å²) in [4.78, 5) is 18.5. The number of urea groups is 1. The third kappa shape index (κ3) is 4.88. The molecular weight excluding hydrogens is 328 g/mol. The number of nitrogens with zero attached hydrogens (tertiary/aromatic N) is 2. The van der Waals surface area contributed by atoms with E-state index < -0.39 is 0 Å². The first-order chi connectivity index (χ1) is 12.8. The van der Waals surface area contributed by atoms with E-state index in [1.165, 1.54) is 0 Å². The van der Waals surface area contributed by atoms with Gasteiger partial charge in [-0.1, -0.05) is 18.2 Å². The van der Waals surface area contributed by atoms with Gasteiger partial charge >= 0.3 is 6.03 Å². The summed E-state index contributed by atoms with van der Waals surface area (Å²) in [7, 11) is 1.70. The quantitative estimate of drug-likeness (QED) is 0.837. The predicted octanol–water partition coefficient (Wildman–Crippen LogP) is 2.60. The zero-order valence-electron chi connectivity index (χ0n) is 15.1. The second-order valence-electron chi connectivity index (χ2n) is 6.44. The van der Waals surface area contributed by atoms with Crippen molar-refractivity contribution in [2.45, 2.75) is 25.3 Å². The number of pyridine rings is 1. The number of piperidine rings is 1. The SMILES string of the molecule is COc1ccccc1N1CCC(NC(=O)NCCc2cccnc2)CC1. The average Bonchev–Trinajstić information content (AvgIpc) is 2.69. The van der Waals surface area contributed by atoms with Gasteiger partial charge in [-0.25, -0.2) is 4.79 Å². The van der Waals surface area contributed by atoms with Crippen molar-refractivity contribution in [3.05, 3.63) is 54.4 Å². The molecule has 3 rings (SSSR count). The van der Waals surface area contributed by atoms with Crippen molar-refractivity contribution in [3.8, 4) is 5.75 Å². The number of benzene rings is 1. The van der Waals surface area contributed by atoms with Crippen LogP contribution in [0.1, 0.15) is 18.4 Å². The molecule has 0 bridgehead atoms. The second-order valence-corrected chi connectivity index (χ2v) is 6.44. The topological polar surface area (TPSA) is 66.5 Å². The van der Waals surface area contributed by atoms with Crippen LogP contribution in [0.25, 0.3) is 0 Å². The molecule has 6 heteroatoms. The number of ether oxygens (including phenoxy) is 1. The molecule has 1 saturated heterocycles. The first-order valence-corrected chi connectivity index (χ1v) is 9.07. The van der Waals surface area contributed by atoms with E-state index in [9.17, 15) is 4.79 Å². The van der Waals surface area contributed by atoms with Gasteiger partial charge in [0.2, 0.25) is 0 Å². The Morgan fingerprint density at radius 2 is 2.04 bits per heavy atom.